The first-order chi connectivity index (χ1) is 13.6. The third kappa shape index (κ3) is 4.22. The van der Waals surface area contributed by atoms with E-state index < -0.39 is 0 Å². The van der Waals surface area contributed by atoms with Gasteiger partial charge in [-0.1, -0.05) is 24.3 Å². The van der Waals surface area contributed by atoms with Gasteiger partial charge in [0.25, 0.3) is 0 Å². The zero-order chi connectivity index (χ0) is 19.5. The molecule has 1 atom stereocenters. The summed E-state index contributed by atoms with van der Waals surface area (Å²) in [5.74, 6) is 0.369. The molecule has 6 heteroatoms. The molecule has 1 fully saturated rings. The Morgan fingerprint density at radius 3 is 2.71 bits per heavy atom. The van der Waals surface area contributed by atoms with Gasteiger partial charge in [0.15, 0.2) is 0 Å². The van der Waals surface area contributed by atoms with Crippen LogP contribution >= 0.6 is 11.3 Å². The summed E-state index contributed by atoms with van der Waals surface area (Å²) in [5, 5.41) is 3.88. The fourth-order valence-electron chi connectivity index (χ4n) is 3.67. The minimum absolute atomic E-state index is 0.0990. The molecule has 2 amide bonds. The van der Waals surface area contributed by atoms with Gasteiger partial charge in [0, 0.05) is 31.6 Å². The van der Waals surface area contributed by atoms with E-state index in [1.807, 2.05) is 47.4 Å². The van der Waals surface area contributed by atoms with Gasteiger partial charge in [-0.15, -0.1) is 11.3 Å². The van der Waals surface area contributed by atoms with E-state index >= 15 is 0 Å². The zero-order valence-electron chi connectivity index (χ0n) is 15.9. The van der Waals surface area contributed by atoms with Crippen molar-refractivity contribution >= 4 is 39.1 Å². The van der Waals surface area contributed by atoms with E-state index in [4.69, 9.17) is 4.98 Å². The molecule has 0 saturated carbocycles. The van der Waals surface area contributed by atoms with Crippen LogP contribution in [0, 0.1) is 0 Å². The summed E-state index contributed by atoms with van der Waals surface area (Å²) in [7, 11) is 0. The summed E-state index contributed by atoms with van der Waals surface area (Å²) in [6, 6.07) is 15.7. The smallest absolute Gasteiger partial charge is 0.227 e. The summed E-state index contributed by atoms with van der Waals surface area (Å²) in [5.41, 5.74) is 2.75. The number of amides is 2. The normalized spacial score (nSPS) is 16.9. The van der Waals surface area contributed by atoms with E-state index in [2.05, 4.69) is 11.4 Å². The van der Waals surface area contributed by atoms with E-state index in [-0.39, 0.29) is 11.8 Å². The maximum absolute atomic E-state index is 12.8. The van der Waals surface area contributed by atoms with Gasteiger partial charge in [-0.25, -0.2) is 4.98 Å². The van der Waals surface area contributed by atoms with Crippen LogP contribution in [-0.2, 0) is 16.0 Å². The second kappa shape index (κ2) is 8.10. The number of thiazole rings is 1. The SMILES string of the molecule is CC(=O)Nc1ccc(CC(=O)N2CCC[C@H](c3nc4ccccc4s3)C2)cc1. The number of anilines is 1. The van der Waals surface area contributed by atoms with Crippen LogP contribution in [0.25, 0.3) is 10.2 Å². The number of benzene rings is 2. The number of carbonyl (C=O) groups excluding carboxylic acids is 2. The predicted octanol–water partition coefficient (Wildman–Crippen LogP) is 4.20. The number of hydrogen-bond acceptors (Lipinski definition) is 4. The Labute approximate surface area is 168 Å². The van der Waals surface area contributed by atoms with Crippen molar-refractivity contribution in [2.75, 3.05) is 18.4 Å². The van der Waals surface area contributed by atoms with E-state index in [9.17, 15) is 9.59 Å². The molecule has 5 nitrogen and oxygen atoms in total. The molecule has 1 aliphatic heterocycles. The van der Waals surface area contributed by atoms with Crippen molar-refractivity contribution in [2.45, 2.75) is 32.1 Å². The average molecular weight is 394 g/mol. The Hall–Kier alpha value is -2.73. The van der Waals surface area contributed by atoms with Crippen molar-refractivity contribution in [3.63, 3.8) is 0 Å². The molecule has 2 aromatic carbocycles. The van der Waals surface area contributed by atoms with Gasteiger partial charge < -0.3 is 10.2 Å². The number of carbonyl (C=O) groups is 2. The summed E-state index contributed by atoms with van der Waals surface area (Å²) in [6.45, 7) is 3.03. The molecule has 0 spiro atoms. The lowest BCUT2D eigenvalue weighted by molar-refractivity contribution is -0.131. The van der Waals surface area contributed by atoms with Crippen molar-refractivity contribution in [1.82, 2.24) is 9.88 Å². The first-order valence-electron chi connectivity index (χ1n) is 9.58. The summed E-state index contributed by atoms with van der Waals surface area (Å²) in [4.78, 5) is 30.7. The van der Waals surface area contributed by atoms with Gasteiger partial charge in [0.1, 0.15) is 0 Å². The molecule has 0 aliphatic carbocycles. The number of rotatable bonds is 4. The monoisotopic (exact) mass is 393 g/mol. The summed E-state index contributed by atoms with van der Waals surface area (Å²) < 4.78 is 1.21. The van der Waals surface area contributed by atoms with Gasteiger partial charge in [-0.2, -0.15) is 0 Å². The number of nitrogens with one attached hydrogen (secondary N) is 1. The number of para-hydroxylation sites is 1. The van der Waals surface area contributed by atoms with Crippen LogP contribution in [0.3, 0.4) is 0 Å². The van der Waals surface area contributed by atoms with Crippen LogP contribution in [-0.4, -0.2) is 34.8 Å². The van der Waals surface area contributed by atoms with E-state index in [0.717, 1.165) is 47.7 Å². The van der Waals surface area contributed by atoms with Crippen LogP contribution in [0.5, 0.6) is 0 Å². The highest BCUT2D eigenvalue weighted by Crippen LogP contribution is 2.33. The Bertz CT molecular complexity index is 963. The van der Waals surface area contributed by atoms with Crippen LogP contribution in [0.4, 0.5) is 5.69 Å². The number of hydrogen-bond donors (Lipinski definition) is 1. The second-order valence-corrected chi connectivity index (χ2v) is 8.32. The lowest BCUT2D eigenvalue weighted by Gasteiger charge is -2.32. The van der Waals surface area contributed by atoms with Crippen molar-refractivity contribution in [1.29, 1.82) is 0 Å². The Morgan fingerprint density at radius 2 is 1.96 bits per heavy atom. The summed E-state index contributed by atoms with van der Waals surface area (Å²) >= 11 is 1.74. The van der Waals surface area contributed by atoms with Gasteiger partial charge >= 0.3 is 0 Å². The maximum atomic E-state index is 12.8. The van der Waals surface area contributed by atoms with Gasteiger partial charge in [-0.3, -0.25) is 9.59 Å². The third-order valence-corrected chi connectivity index (χ3v) is 6.26. The fraction of sp³-hybridized carbons (Fsp3) is 0.318. The first-order valence-corrected chi connectivity index (χ1v) is 10.4. The first kappa shape index (κ1) is 18.6. The van der Waals surface area contributed by atoms with Crippen molar-refractivity contribution in [3.05, 3.63) is 59.1 Å². The van der Waals surface area contributed by atoms with Gasteiger partial charge in [-0.05, 0) is 42.7 Å². The van der Waals surface area contributed by atoms with Gasteiger partial charge in [0.05, 0.1) is 21.6 Å². The Morgan fingerprint density at radius 1 is 1.18 bits per heavy atom. The number of likely N-dealkylation sites (tertiary alicyclic amines) is 1. The van der Waals surface area contributed by atoms with Crippen LogP contribution < -0.4 is 5.32 Å². The lowest BCUT2D eigenvalue weighted by atomic mass is 9.98. The van der Waals surface area contributed by atoms with Gasteiger partial charge in [0.2, 0.25) is 11.8 Å². The van der Waals surface area contributed by atoms with E-state index in [1.54, 1.807) is 11.3 Å². The van der Waals surface area contributed by atoms with Crippen molar-refractivity contribution in [3.8, 4) is 0 Å². The van der Waals surface area contributed by atoms with Crippen LogP contribution in [0.2, 0.25) is 0 Å². The van der Waals surface area contributed by atoms with Crippen LogP contribution in [0.1, 0.15) is 36.3 Å². The molecule has 3 aromatic rings. The lowest BCUT2D eigenvalue weighted by Crippen LogP contribution is -2.39. The van der Waals surface area contributed by atoms with Crippen molar-refractivity contribution in [2.24, 2.45) is 0 Å². The van der Waals surface area contributed by atoms with Crippen molar-refractivity contribution < 1.29 is 9.59 Å². The Kier molecular flexibility index (Phi) is 5.39. The molecule has 0 unspecified atom stereocenters. The fourth-order valence-corrected chi connectivity index (χ4v) is 4.76. The maximum Gasteiger partial charge on any atom is 0.227 e. The molecule has 2 heterocycles. The molecule has 28 heavy (non-hydrogen) atoms. The molecule has 1 aliphatic rings. The molecule has 1 N–H and O–H groups in total. The highest BCUT2D eigenvalue weighted by atomic mass is 32.1. The largest absolute Gasteiger partial charge is 0.342 e. The predicted molar refractivity (Wildman–Crippen MR) is 113 cm³/mol. The highest BCUT2D eigenvalue weighted by molar-refractivity contribution is 7.18. The minimum atomic E-state index is -0.0990. The zero-order valence-corrected chi connectivity index (χ0v) is 16.7. The second-order valence-electron chi connectivity index (χ2n) is 7.25. The molecular weight excluding hydrogens is 370 g/mol. The standard InChI is InChI=1S/C22H23N3O2S/c1-15(26)23-18-10-8-16(9-11-18)13-21(27)25-12-4-5-17(14-25)22-24-19-6-2-3-7-20(19)28-22/h2-3,6-11,17H,4-5,12-14H2,1H3,(H,23,26)/t17-/m0/s1. The molecule has 4 rings (SSSR count). The number of aromatic nitrogens is 1. The van der Waals surface area contributed by atoms with E-state index in [1.165, 1.54) is 11.6 Å². The molecule has 0 radical (unpaired) electrons. The molecule has 1 aromatic heterocycles. The number of fused-ring (bicyclic) bond motifs is 1. The molecule has 1 saturated heterocycles. The highest BCUT2D eigenvalue weighted by Gasteiger charge is 2.26. The third-order valence-electron chi connectivity index (χ3n) is 5.06. The molecule has 144 valence electrons. The number of nitrogens with zero attached hydrogens (tertiary/aromatic N) is 2. The topological polar surface area (TPSA) is 62.3 Å². The quantitative estimate of drug-likeness (QED) is 0.722. The Balaban J connectivity index is 1.41. The molecular formula is C22H23N3O2S. The summed E-state index contributed by atoms with van der Waals surface area (Å²) in [6.07, 6.45) is 2.47. The molecule has 0 bridgehead atoms. The minimum Gasteiger partial charge on any atom is -0.342 e. The average Bonchev–Trinajstić information content (AvgIpc) is 3.13. The van der Waals surface area contributed by atoms with E-state index in [0.29, 0.717) is 12.3 Å². The number of piperidine rings is 1. The van der Waals surface area contributed by atoms with Crippen LogP contribution in [0.15, 0.2) is 48.5 Å².